The summed E-state index contributed by atoms with van der Waals surface area (Å²) in [7, 11) is -4.26. The zero-order valence-electron chi connectivity index (χ0n) is 27.7. The summed E-state index contributed by atoms with van der Waals surface area (Å²) in [6.45, 7) is 4.82. The van der Waals surface area contributed by atoms with Gasteiger partial charge in [-0.25, -0.2) is 4.57 Å². The molecular weight excluding hydrogens is 565 g/mol. The zero-order chi connectivity index (χ0) is 31.7. The van der Waals surface area contributed by atoms with E-state index in [0.29, 0.717) is 13.0 Å². The fourth-order valence-electron chi connectivity index (χ4n) is 4.50. The van der Waals surface area contributed by atoms with Gasteiger partial charge < -0.3 is 20.1 Å². The minimum absolute atomic E-state index is 0.0976. The van der Waals surface area contributed by atoms with Crippen LogP contribution < -0.4 is 5.73 Å². The van der Waals surface area contributed by atoms with Crippen molar-refractivity contribution in [3.05, 3.63) is 24.3 Å². The molecule has 0 aliphatic carbocycles. The van der Waals surface area contributed by atoms with Gasteiger partial charge in [0.2, 0.25) is 0 Å². The summed E-state index contributed by atoms with van der Waals surface area (Å²) in [5.74, 6) is -0.345. The molecular formula is C34H66NO7P. The molecule has 0 heterocycles. The van der Waals surface area contributed by atoms with Gasteiger partial charge in [0.05, 0.1) is 19.8 Å². The van der Waals surface area contributed by atoms with Gasteiger partial charge in [-0.05, 0) is 57.8 Å². The molecule has 0 rings (SSSR count). The van der Waals surface area contributed by atoms with Crippen molar-refractivity contribution in [2.45, 2.75) is 155 Å². The average Bonchev–Trinajstić information content (AvgIpc) is 2.99. The summed E-state index contributed by atoms with van der Waals surface area (Å²) in [5, 5.41) is 0. The van der Waals surface area contributed by atoms with Crippen LogP contribution in [0.3, 0.4) is 0 Å². The predicted octanol–water partition coefficient (Wildman–Crippen LogP) is 9.35. The summed E-state index contributed by atoms with van der Waals surface area (Å²) in [4.78, 5) is 22.3. The third-order valence-electron chi connectivity index (χ3n) is 7.09. The normalized spacial score (nSPS) is 14.0. The highest BCUT2D eigenvalue weighted by Gasteiger charge is 2.25. The number of phosphoric ester groups is 1. The van der Waals surface area contributed by atoms with Gasteiger partial charge in [-0.2, -0.15) is 0 Å². The number of hydrogen-bond donors (Lipinski definition) is 2. The van der Waals surface area contributed by atoms with Crippen molar-refractivity contribution >= 4 is 13.8 Å². The number of hydrogen-bond acceptors (Lipinski definition) is 7. The van der Waals surface area contributed by atoms with Gasteiger partial charge in [0.1, 0.15) is 6.10 Å². The average molecular weight is 632 g/mol. The maximum atomic E-state index is 12.4. The van der Waals surface area contributed by atoms with E-state index in [4.69, 9.17) is 24.3 Å². The number of ether oxygens (including phenoxy) is 2. The molecule has 2 atom stereocenters. The lowest BCUT2D eigenvalue weighted by Gasteiger charge is -2.20. The third-order valence-corrected chi connectivity index (χ3v) is 8.08. The van der Waals surface area contributed by atoms with E-state index in [1.54, 1.807) is 0 Å². The molecule has 0 aromatic rings. The van der Waals surface area contributed by atoms with E-state index >= 15 is 0 Å². The van der Waals surface area contributed by atoms with E-state index in [2.05, 4.69) is 38.2 Å². The number of carbonyl (C=O) groups is 1. The molecule has 0 bridgehead atoms. The number of carbonyl (C=O) groups excluding carboxylic acids is 1. The second-order valence-corrected chi connectivity index (χ2v) is 12.8. The molecule has 3 N–H and O–H groups in total. The highest BCUT2D eigenvalue weighted by atomic mass is 31.2. The Hall–Kier alpha value is -1.02. The number of rotatable bonds is 33. The molecule has 0 aromatic carbocycles. The summed E-state index contributed by atoms with van der Waals surface area (Å²) < 4.78 is 33.2. The molecule has 0 saturated heterocycles. The monoisotopic (exact) mass is 631 g/mol. The fourth-order valence-corrected chi connectivity index (χ4v) is 5.26. The third kappa shape index (κ3) is 32.2. The maximum absolute atomic E-state index is 12.4. The molecule has 0 spiro atoms. The first-order valence-electron chi connectivity index (χ1n) is 17.3. The first-order valence-corrected chi connectivity index (χ1v) is 18.8. The first-order chi connectivity index (χ1) is 20.9. The maximum Gasteiger partial charge on any atom is 0.472 e. The molecule has 43 heavy (non-hydrogen) atoms. The summed E-state index contributed by atoms with van der Waals surface area (Å²) >= 11 is 0. The molecule has 0 aromatic heterocycles. The highest BCUT2D eigenvalue weighted by molar-refractivity contribution is 7.47. The van der Waals surface area contributed by atoms with Crippen molar-refractivity contribution in [1.82, 2.24) is 0 Å². The Bertz CT molecular complexity index is 717. The van der Waals surface area contributed by atoms with Crippen molar-refractivity contribution < 1.29 is 32.8 Å². The Kier molecular flexibility index (Phi) is 31.6. The fraction of sp³-hybridized carbons (Fsp3) is 0.853. The van der Waals surface area contributed by atoms with Crippen LogP contribution in [-0.2, 0) is 27.9 Å². The van der Waals surface area contributed by atoms with Crippen molar-refractivity contribution in [3.8, 4) is 0 Å². The predicted molar refractivity (Wildman–Crippen MR) is 178 cm³/mol. The summed E-state index contributed by atoms with van der Waals surface area (Å²) in [6.07, 6.45) is 31.8. The van der Waals surface area contributed by atoms with Crippen LogP contribution in [0.25, 0.3) is 0 Å². The molecule has 254 valence electrons. The van der Waals surface area contributed by atoms with Gasteiger partial charge >= 0.3 is 13.8 Å². The Morgan fingerprint density at radius 1 is 0.674 bits per heavy atom. The quantitative estimate of drug-likeness (QED) is 0.0318. The van der Waals surface area contributed by atoms with Crippen LogP contribution in [0, 0.1) is 0 Å². The molecule has 8 nitrogen and oxygen atoms in total. The minimum atomic E-state index is -4.26. The van der Waals surface area contributed by atoms with Crippen LogP contribution in [0.1, 0.15) is 149 Å². The molecule has 0 amide bonds. The van der Waals surface area contributed by atoms with E-state index in [0.717, 1.165) is 44.9 Å². The number of nitrogens with two attached hydrogens (primary N) is 1. The Morgan fingerprint density at radius 3 is 1.77 bits per heavy atom. The van der Waals surface area contributed by atoms with Gasteiger partial charge in [-0.15, -0.1) is 0 Å². The number of phosphoric acid groups is 1. The van der Waals surface area contributed by atoms with Gasteiger partial charge in [-0.3, -0.25) is 13.8 Å². The summed E-state index contributed by atoms with van der Waals surface area (Å²) in [5.41, 5.74) is 5.33. The van der Waals surface area contributed by atoms with E-state index in [-0.39, 0.29) is 32.3 Å². The molecule has 0 aliphatic rings. The first kappa shape index (κ1) is 42.0. The smallest absolute Gasteiger partial charge is 0.457 e. The lowest BCUT2D eigenvalue weighted by Crippen LogP contribution is -2.28. The van der Waals surface area contributed by atoms with Crippen molar-refractivity contribution in [2.24, 2.45) is 5.73 Å². The number of unbranched alkanes of at least 4 members (excludes halogenated alkanes) is 16. The van der Waals surface area contributed by atoms with Crippen molar-refractivity contribution in [2.75, 3.05) is 33.0 Å². The highest BCUT2D eigenvalue weighted by Crippen LogP contribution is 2.43. The van der Waals surface area contributed by atoms with E-state index in [1.165, 1.54) is 83.5 Å². The lowest BCUT2D eigenvalue weighted by molar-refractivity contribution is -0.154. The molecule has 0 saturated carbocycles. The lowest BCUT2D eigenvalue weighted by atomic mass is 10.1. The second kappa shape index (κ2) is 32.4. The van der Waals surface area contributed by atoms with E-state index < -0.39 is 13.9 Å². The van der Waals surface area contributed by atoms with Crippen LogP contribution in [0.2, 0.25) is 0 Å². The van der Waals surface area contributed by atoms with Crippen LogP contribution in [0.15, 0.2) is 24.3 Å². The topological polar surface area (TPSA) is 117 Å². The Labute approximate surface area is 264 Å². The van der Waals surface area contributed by atoms with E-state index in [1.807, 2.05) is 0 Å². The van der Waals surface area contributed by atoms with Crippen molar-refractivity contribution in [3.63, 3.8) is 0 Å². The SMILES string of the molecule is CCCC/C=C\CCCCCCCC(=O)OC(COCCCCCCCC/C=C\CCCCC)COP(=O)(O)OCCN. The molecule has 0 fully saturated rings. The van der Waals surface area contributed by atoms with Crippen LogP contribution in [0.5, 0.6) is 0 Å². The minimum Gasteiger partial charge on any atom is -0.457 e. The zero-order valence-corrected chi connectivity index (χ0v) is 28.6. The second-order valence-electron chi connectivity index (χ2n) is 11.4. The Morgan fingerprint density at radius 2 is 1.19 bits per heavy atom. The van der Waals surface area contributed by atoms with Crippen molar-refractivity contribution in [1.29, 1.82) is 0 Å². The van der Waals surface area contributed by atoms with Gasteiger partial charge in [0.15, 0.2) is 0 Å². The van der Waals surface area contributed by atoms with Gasteiger partial charge in [0, 0.05) is 19.6 Å². The molecule has 0 aliphatic heterocycles. The molecule has 0 radical (unpaired) electrons. The number of esters is 1. The van der Waals surface area contributed by atoms with Gasteiger partial charge in [0.25, 0.3) is 0 Å². The largest absolute Gasteiger partial charge is 0.472 e. The molecule has 2 unspecified atom stereocenters. The van der Waals surface area contributed by atoms with Crippen LogP contribution in [0.4, 0.5) is 0 Å². The van der Waals surface area contributed by atoms with Gasteiger partial charge in [-0.1, -0.05) is 109 Å². The number of allylic oxidation sites excluding steroid dienone is 4. The van der Waals surface area contributed by atoms with E-state index in [9.17, 15) is 14.3 Å². The van der Waals surface area contributed by atoms with Crippen LogP contribution >= 0.6 is 7.82 Å². The van der Waals surface area contributed by atoms with Crippen LogP contribution in [-0.4, -0.2) is 49.9 Å². The Balaban J connectivity index is 4.15. The standard InChI is InChI=1S/C34H66NO7P/c1-3-5-7-9-11-13-15-16-18-20-22-24-26-29-39-31-33(32-41-43(37,38)40-30-28-35)42-34(36)27-25-23-21-19-17-14-12-10-8-6-4-2/h10-13,33H,3-9,14-32,35H2,1-2H3,(H,37,38)/b12-10-,13-11-. The summed E-state index contributed by atoms with van der Waals surface area (Å²) in [6, 6.07) is 0. The molecule has 9 heteroatoms.